The minimum Gasteiger partial charge on any atom is -0.491 e. The molecule has 0 saturated heterocycles. The standard InChI is InChI=1S/C12H13NO2/c13-8-10-2-4-11(5-3-10)15-9-12(14)6-1-7-12/h2-5,14H,1,6-7,9H2. The van der Waals surface area contributed by atoms with E-state index in [9.17, 15) is 5.11 Å². The highest BCUT2D eigenvalue weighted by molar-refractivity contribution is 5.34. The minimum absolute atomic E-state index is 0.346. The summed E-state index contributed by atoms with van der Waals surface area (Å²) in [6, 6.07) is 8.96. The molecule has 3 heteroatoms. The second-order valence-electron chi connectivity index (χ2n) is 4.00. The molecule has 0 aliphatic heterocycles. The quantitative estimate of drug-likeness (QED) is 0.815. The Balaban J connectivity index is 1.91. The van der Waals surface area contributed by atoms with Gasteiger partial charge in [0.15, 0.2) is 0 Å². The largest absolute Gasteiger partial charge is 0.491 e. The molecule has 0 radical (unpaired) electrons. The van der Waals surface area contributed by atoms with Crippen molar-refractivity contribution in [3.63, 3.8) is 0 Å². The maximum Gasteiger partial charge on any atom is 0.119 e. The van der Waals surface area contributed by atoms with Gasteiger partial charge in [0.2, 0.25) is 0 Å². The second kappa shape index (κ2) is 3.92. The molecule has 1 N–H and O–H groups in total. The third-order valence-corrected chi connectivity index (χ3v) is 2.78. The van der Waals surface area contributed by atoms with Crippen LogP contribution in [-0.2, 0) is 0 Å². The van der Waals surface area contributed by atoms with Crippen molar-refractivity contribution in [1.82, 2.24) is 0 Å². The fourth-order valence-electron chi connectivity index (χ4n) is 1.57. The van der Waals surface area contributed by atoms with Crippen LogP contribution in [-0.4, -0.2) is 17.3 Å². The Morgan fingerprint density at radius 1 is 1.33 bits per heavy atom. The summed E-state index contributed by atoms with van der Waals surface area (Å²) in [6.07, 6.45) is 2.72. The predicted octanol–water partition coefficient (Wildman–Crippen LogP) is 1.85. The second-order valence-corrected chi connectivity index (χ2v) is 4.00. The van der Waals surface area contributed by atoms with Gasteiger partial charge in [-0.15, -0.1) is 0 Å². The highest BCUT2D eigenvalue weighted by Gasteiger charge is 2.35. The van der Waals surface area contributed by atoms with Crippen LogP contribution >= 0.6 is 0 Å². The number of aliphatic hydroxyl groups is 1. The number of hydrogen-bond donors (Lipinski definition) is 1. The first kappa shape index (κ1) is 10.0. The third kappa shape index (κ3) is 2.28. The molecule has 0 unspecified atom stereocenters. The van der Waals surface area contributed by atoms with Crippen LogP contribution < -0.4 is 4.74 Å². The van der Waals surface area contributed by atoms with Crippen LogP contribution in [0.25, 0.3) is 0 Å². The Morgan fingerprint density at radius 3 is 2.47 bits per heavy atom. The Morgan fingerprint density at radius 2 is 2.00 bits per heavy atom. The van der Waals surface area contributed by atoms with E-state index in [1.165, 1.54) is 0 Å². The van der Waals surface area contributed by atoms with E-state index < -0.39 is 5.60 Å². The topological polar surface area (TPSA) is 53.2 Å². The molecule has 1 aliphatic carbocycles. The molecule has 0 spiro atoms. The van der Waals surface area contributed by atoms with Crippen molar-refractivity contribution in [2.75, 3.05) is 6.61 Å². The monoisotopic (exact) mass is 203 g/mol. The molecule has 15 heavy (non-hydrogen) atoms. The molecule has 1 aliphatic rings. The summed E-state index contributed by atoms with van der Waals surface area (Å²) in [5.41, 5.74) is -0.00169. The summed E-state index contributed by atoms with van der Waals surface area (Å²) in [6.45, 7) is 0.346. The Labute approximate surface area is 88.9 Å². The lowest BCUT2D eigenvalue weighted by atomic mass is 9.81. The molecule has 1 saturated carbocycles. The summed E-state index contributed by atoms with van der Waals surface area (Å²) in [5, 5.41) is 18.4. The van der Waals surface area contributed by atoms with E-state index in [2.05, 4.69) is 0 Å². The number of nitrogens with zero attached hydrogens (tertiary/aromatic N) is 1. The summed E-state index contributed by atoms with van der Waals surface area (Å²) < 4.78 is 5.45. The highest BCUT2D eigenvalue weighted by Crippen LogP contribution is 2.32. The van der Waals surface area contributed by atoms with Crippen LogP contribution in [0.5, 0.6) is 5.75 Å². The zero-order valence-corrected chi connectivity index (χ0v) is 8.44. The lowest BCUT2D eigenvalue weighted by Gasteiger charge is -2.35. The first-order chi connectivity index (χ1) is 7.22. The average molecular weight is 203 g/mol. The van der Waals surface area contributed by atoms with E-state index in [0.717, 1.165) is 19.3 Å². The first-order valence-corrected chi connectivity index (χ1v) is 5.07. The molecule has 2 rings (SSSR count). The van der Waals surface area contributed by atoms with Crippen molar-refractivity contribution in [3.05, 3.63) is 29.8 Å². The zero-order valence-electron chi connectivity index (χ0n) is 8.44. The Hall–Kier alpha value is -1.53. The van der Waals surface area contributed by atoms with Gasteiger partial charge < -0.3 is 9.84 Å². The van der Waals surface area contributed by atoms with Gasteiger partial charge in [-0.25, -0.2) is 0 Å². The molecular weight excluding hydrogens is 190 g/mol. The van der Waals surface area contributed by atoms with Crippen LogP contribution in [0.3, 0.4) is 0 Å². The van der Waals surface area contributed by atoms with Gasteiger partial charge in [0, 0.05) is 0 Å². The Kier molecular flexibility index (Phi) is 2.61. The molecule has 0 aromatic heterocycles. The van der Waals surface area contributed by atoms with Gasteiger partial charge in [0.25, 0.3) is 0 Å². The van der Waals surface area contributed by atoms with Crippen LogP contribution in [0.15, 0.2) is 24.3 Å². The number of benzene rings is 1. The third-order valence-electron chi connectivity index (χ3n) is 2.78. The minimum atomic E-state index is -0.617. The summed E-state index contributed by atoms with van der Waals surface area (Å²) >= 11 is 0. The molecule has 3 nitrogen and oxygen atoms in total. The number of nitriles is 1. The van der Waals surface area contributed by atoms with Crippen LogP contribution in [0, 0.1) is 11.3 Å². The first-order valence-electron chi connectivity index (χ1n) is 5.07. The van der Waals surface area contributed by atoms with Crippen molar-refractivity contribution < 1.29 is 9.84 Å². The van der Waals surface area contributed by atoms with Gasteiger partial charge in [-0.05, 0) is 43.5 Å². The van der Waals surface area contributed by atoms with E-state index in [4.69, 9.17) is 10.00 Å². The molecule has 1 fully saturated rings. The highest BCUT2D eigenvalue weighted by atomic mass is 16.5. The maximum absolute atomic E-state index is 9.79. The van der Waals surface area contributed by atoms with Gasteiger partial charge in [-0.1, -0.05) is 0 Å². The smallest absolute Gasteiger partial charge is 0.119 e. The predicted molar refractivity (Wildman–Crippen MR) is 55.5 cm³/mol. The SMILES string of the molecule is N#Cc1ccc(OCC2(O)CCC2)cc1. The van der Waals surface area contributed by atoms with Crippen molar-refractivity contribution in [1.29, 1.82) is 5.26 Å². The Bertz CT molecular complexity index is 374. The van der Waals surface area contributed by atoms with Gasteiger partial charge in [-0.3, -0.25) is 0 Å². The summed E-state index contributed by atoms with van der Waals surface area (Å²) in [7, 11) is 0. The van der Waals surface area contributed by atoms with E-state index in [1.807, 2.05) is 6.07 Å². The molecule has 0 bridgehead atoms. The van der Waals surface area contributed by atoms with Crippen molar-refractivity contribution >= 4 is 0 Å². The van der Waals surface area contributed by atoms with Crippen molar-refractivity contribution in [2.24, 2.45) is 0 Å². The molecule has 0 heterocycles. The fraction of sp³-hybridized carbons (Fsp3) is 0.417. The van der Waals surface area contributed by atoms with Crippen LogP contribution in [0.2, 0.25) is 0 Å². The molecule has 78 valence electrons. The lowest BCUT2D eigenvalue weighted by Crippen LogP contribution is -2.42. The molecule has 1 aromatic rings. The van der Waals surface area contributed by atoms with Gasteiger partial charge in [0.1, 0.15) is 12.4 Å². The van der Waals surface area contributed by atoms with E-state index in [-0.39, 0.29) is 0 Å². The van der Waals surface area contributed by atoms with Crippen molar-refractivity contribution in [2.45, 2.75) is 24.9 Å². The molecule has 0 atom stereocenters. The van der Waals surface area contributed by atoms with E-state index in [1.54, 1.807) is 24.3 Å². The number of hydrogen-bond acceptors (Lipinski definition) is 3. The number of ether oxygens (including phenoxy) is 1. The fourth-order valence-corrected chi connectivity index (χ4v) is 1.57. The normalized spacial score (nSPS) is 17.6. The van der Waals surface area contributed by atoms with Gasteiger partial charge >= 0.3 is 0 Å². The van der Waals surface area contributed by atoms with Gasteiger partial charge in [-0.2, -0.15) is 5.26 Å². The summed E-state index contributed by atoms with van der Waals surface area (Å²) in [4.78, 5) is 0. The molecular formula is C12H13NO2. The molecule has 1 aromatic carbocycles. The van der Waals surface area contributed by atoms with E-state index in [0.29, 0.717) is 17.9 Å². The molecule has 0 amide bonds. The number of rotatable bonds is 3. The van der Waals surface area contributed by atoms with Crippen LogP contribution in [0.1, 0.15) is 24.8 Å². The van der Waals surface area contributed by atoms with E-state index >= 15 is 0 Å². The summed E-state index contributed by atoms with van der Waals surface area (Å²) in [5.74, 6) is 0.703. The lowest BCUT2D eigenvalue weighted by molar-refractivity contribution is -0.0663. The van der Waals surface area contributed by atoms with Crippen LogP contribution in [0.4, 0.5) is 0 Å². The zero-order chi connectivity index (χ0) is 10.7. The van der Waals surface area contributed by atoms with Gasteiger partial charge in [0.05, 0.1) is 17.2 Å². The maximum atomic E-state index is 9.79. The van der Waals surface area contributed by atoms with Crippen molar-refractivity contribution in [3.8, 4) is 11.8 Å². The average Bonchev–Trinajstić information content (AvgIpc) is 2.24.